The van der Waals surface area contributed by atoms with E-state index in [1.165, 1.54) is 43.8 Å². The van der Waals surface area contributed by atoms with Crippen molar-refractivity contribution in [2.24, 2.45) is 0 Å². The standard InChI is InChI=1S/C36H21N3/c1-2-9-23(10-3-1)36-28-16-8-20-37-29(28)21-32(38-36)39-30-17-7-15-27-25-13-5-4-12-24(25)26-14-6-11-22-18-19-31(39)35(33(22)26)34(27)30/h1-21H. The van der Waals surface area contributed by atoms with Crippen LogP contribution in [0.3, 0.4) is 0 Å². The maximum Gasteiger partial charge on any atom is 0.140 e. The predicted molar refractivity (Wildman–Crippen MR) is 161 cm³/mol. The monoisotopic (exact) mass is 495 g/mol. The summed E-state index contributed by atoms with van der Waals surface area (Å²) in [6.07, 6.45) is 1.86. The van der Waals surface area contributed by atoms with E-state index in [0.717, 1.165) is 39.0 Å². The first-order valence-corrected chi connectivity index (χ1v) is 13.3. The van der Waals surface area contributed by atoms with Crippen molar-refractivity contribution in [1.82, 2.24) is 14.5 Å². The third-order valence-corrected chi connectivity index (χ3v) is 8.17. The summed E-state index contributed by atoms with van der Waals surface area (Å²) in [6, 6.07) is 43.3. The number of benzene rings is 5. The van der Waals surface area contributed by atoms with Crippen molar-refractivity contribution >= 4 is 43.5 Å². The topological polar surface area (TPSA) is 30.7 Å². The maximum atomic E-state index is 5.33. The van der Waals surface area contributed by atoms with Crippen LogP contribution in [0, 0.1) is 0 Å². The molecule has 0 bridgehead atoms. The molecule has 8 aromatic rings. The largest absolute Gasteiger partial charge is 0.294 e. The molecule has 0 amide bonds. The highest BCUT2D eigenvalue weighted by atomic mass is 15.1. The number of rotatable bonds is 2. The molecule has 3 aromatic heterocycles. The molecule has 0 N–H and O–H groups in total. The summed E-state index contributed by atoms with van der Waals surface area (Å²) in [6.45, 7) is 0. The zero-order valence-corrected chi connectivity index (χ0v) is 21.0. The minimum absolute atomic E-state index is 0.878. The van der Waals surface area contributed by atoms with E-state index in [1.54, 1.807) is 0 Å². The summed E-state index contributed by atoms with van der Waals surface area (Å²) >= 11 is 0. The highest BCUT2D eigenvalue weighted by Crippen LogP contribution is 2.49. The number of nitrogens with zero attached hydrogens (tertiary/aromatic N) is 3. The van der Waals surface area contributed by atoms with Crippen LogP contribution in [-0.2, 0) is 0 Å². The highest BCUT2D eigenvalue weighted by Gasteiger charge is 2.25. The molecule has 3 heteroatoms. The van der Waals surface area contributed by atoms with Crippen molar-refractivity contribution in [3.8, 4) is 39.3 Å². The van der Waals surface area contributed by atoms with E-state index >= 15 is 0 Å². The molecule has 3 nitrogen and oxygen atoms in total. The van der Waals surface area contributed by atoms with Crippen LogP contribution in [0.4, 0.5) is 0 Å². The molecule has 0 aliphatic heterocycles. The van der Waals surface area contributed by atoms with Gasteiger partial charge in [0.2, 0.25) is 0 Å². The van der Waals surface area contributed by atoms with E-state index < -0.39 is 0 Å². The lowest BCUT2D eigenvalue weighted by atomic mass is 9.93. The fourth-order valence-electron chi connectivity index (χ4n) is 6.57. The Bertz CT molecular complexity index is 2280. The van der Waals surface area contributed by atoms with Gasteiger partial charge >= 0.3 is 0 Å². The van der Waals surface area contributed by atoms with Gasteiger partial charge in [-0.2, -0.15) is 0 Å². The summed E-state index contributed by atoms with van der Waals surface area (Å²) in [7, 11) is 0. The number of aromatic nitrogens is 3. The molecular formula is C36H21N3. The number of fused-ring (bicyclic) bond motifs is 4. The summed E-state index contributed by atoms with van der Waals surface area (Å²) < 4.78 is 2.33. The Kier molecular flexibility index (Phi) is 4.05. The molecule has 39 heavy (non-hydrogen) atoms. The molecule has 180 valence electrons. The van der Waals surface area contributed by atoms with Crippen LogP contribution in [0.15, 0.2) is 128 Å². The second kappa shape index (κ2) is 7.62. The average Bonchev–Trinajstić information content (AvgIpc) is 3.29. The molecule has 0 unspecified atom stereocenters. The van der Waals surface area contributed by atoms with E-state index in [0.29, 0.717) is 0 Å². The summed E-state index contributed by atoms with van der Waals surface area (Å²) in [5, 5.41) is 6.17. The van der Waals surface area contributed by atoms with Gasteiger partial charge in [-0.05, 0) is 57.3 Å². The molecule has 9 rings (SSSR count). The van der Waals surface area contributed by atoms with E-state index in [-0.39, 0.29) is 0 Å². The lowest BCUT2D eigenvalue weighted by Crippen LogP contribution is -2.01. The fraction of sp³-hybridized carbons (Fsp3) is 0. The van der Waals surface area contributed by atoms with Gasteiger partial charge in [-0.3, -0.25) is 9.55 Å². The Balaban J connectivity index is 1.49. The van der Waals surface area contributed by atoms with Gasteiger partial charge in [-0.15, -0.1) is 0 Å². The molecule has 1 aliphatic carbocycles. The first-order chi connectivity index (χ1) is 19.4. The van der Waals surface area contributed by atoms with Crippen LogP contribution in [-0.4, -0.2) is 14.5 Å². The molecule has 0 atom stereocenters. The van der Waals surface area contributed by atoms with Crippen molar-refractivity contribution in [3.63, 3.8) is 0 Å². The second-order valence-corrected chi connectivity index (χ2v) is 10.2. The minimum atomic E-state index is 0.878. The third-order valence-electron chi connectivity index (χ3n) is 8.17. The Morgan fingerprint density at radius 1 is 0.513 bits per heavy atom. The smallest absolute Gasteiger partial charge is 0.140 e. The Morgan fingerprint density at radius 3 is 2.08 bits per heavy atom. The first kappa shape index (κ1) is 20.7. The molecule has 5 aromatic carbocycles. The van der Waals surface area contributed by atoms with Crippen LogP contribution in [0.5, 0.6) is 0 Å². The highest BCUT2D eigenvalue weighted by molar-refractivity contribution is 6.30. The lowest BCUT2D eigenvalue weighted by molar-refractivity contribution is 1.09. The van der Waals surface area contributed by atoms with E-state index in [1.807, 2.05) is 18.3 Å². The van der Waals surface area contributed by atoms with Gasteiger partial charge in [-0.25, -0.2) is 4.98 Å². The SMILES string of the molecule is c1ccc(-c2nc(-n3c4cccc5c4c4c6c(cccc6ccc43)-c3ccccc3-5)cc3ncccc23)cc1. The van der Waals surface area contributed by atoms with Crippen LogP contribution in [0.1, 0.15) is 0 Å². The van der Waals surface area contributed by atoms with Crippen molar-refractivity contribution in [3.05, 3.63) is 128 Å². The van der Waals surface area contributed by atoms with Crippen LogP contribution < -0.4 is 0 Å². The zero-order chi connectivity index (χ0) is 25.5. The van der Waals surface area contributed by atoms with Gasteiger partial charge in [0, 0.05) is 34.0 Å². The van der Waals surface area contributed by atoms with E-state index in [2.05, 4.69) is 114 Å². The van der Waals surface area contributed by atoms with Gasteiger partial charge in [0.15, 0.2) is 0 Å². The Morgan fingerprint density at radius 2 is 1.23 bits per heavy atom. The summed E-state index contributed by atoms with van der Waals surface area (Å²) in [5.74, 6) is 0.878. The van der Waals surface area contributed by atoms with Gasteiger partial charge in [0.05, 0.1) is 22.2 Å². The molecule has 1 aliphatic rings. The normalized spacial score (nSPS) is 12.1. The van der Waals surface area contributed by atoms with Crippen molar-refractivity contribution < 1.29 is 0 Å². The number of pyridine rings is 2. The first-order valence-electron chi connectivity index (χ1n) is 13.3. The average molecular weight is 496 g/mol. The van der Waals surface area contributed by atoms with Gasteiger partial charge in [0.25, 0.3) is 0 Å². The third kappa shape index (κ3) is 2.76. The quantitative estimate of drug-likeness (QED) is 0.239. The Labute approximate surface area is 224 Å². The maximum absolute atomic E-state index is 5.33. The summed E-state index contributed by atoms with van der Waals surface area (Å²) in [5.41, 5.74) is 10.4. The fourth-order valence-corrected chi connectivity index (χ4v) is 6.57. The van der Waals surface area contributed by atoms with Gasteiger partial charge in [-0.1, -0.05) is 91.0 Å². The molecule has 3 heterocycles. The second-order valence-electron chi connectivity index (χ2n) is 10.2. The molecule has 0 saturated carbocycles. The van der Waals surface area contributed by atoms with Crippen LogP contribution in [0.25, 0.3) is 82.8 Å². The predicted octanol–water partition coefficient (Wildman–Crippen LogP) is 9.19. The van der Waals surface area contributed by atoms with E-state index in [4.69, 9.17) is 9.97 Å². The van der Waals surface area contributed by atoms with Crippen LogP contribution >= 0.6 is 0 Å². The number of hydrogen-bond acceptors (Lipinski definition) is 2. The summed E-state index contributed by atoms with van der Waals surface area (Å²) in [4.78, 5) is 10.1. The van der Waals surface area contributed by atoms with Crippen LogP contribution in [0.2, 0.25) is 0 Å². The van der Waals surface area contributed by atoms with Crippen molar-refractivity contribution in [1.29, 1.82) is 0 Å². The van der Waals surface area contributed by atoms with Gasteiger partial charge < -0.3 is 0 Å². The van der Waals surface area contributed by atoms with E-state index in [9.17, 15) is 0 Å². The molecule has 0 spiro atoms. The molecule has 0 radical (unpaired) electrons. The lowest BCUT2D eigenvalue weighted by Gasteiger charge is -2.14. The minimum Gasteiger partial charge on any atom is -0.294 e. The van der Waals surface area contributed by atoms with Gasteiger partial charge in [0.1, 0.15) is 5.82 Å². The molecule has 0 saturated heterocycles. The zero-order valence-electron chi connectivity index (χ0n) is 21.0. The Hall–Kier alpha value is -5.28. The molecule has 0 fully saturated rings. The molecular weight excluding hydrogens is 474 g/mol. The van der Waals surface area contributed by atoms with Crippen molar-refractivity contribution in [2.75, 3.05) is 0 Å². The number of hydrogen-bond donors (Lipinski definition) is 0. The van der Waals surface area contributed by atoms with Crippen molar-refractivity contribution in [2.45, 2.75) is 0 Å².